The van der Waals surface area contributed by atoms with E-state index in [1.807, 2.05) is 37.3 Å². The molecule has 0 spiro atoms. The summed E-state index contributed by atoms with van der Waals surface area (Å²) in [6.45, 7) is 1.97. The maximum absolute atomic E-state index is 12.6. The van der Waals surface area contributed by atoms with E-state index in [1.54, 1.807) is 6.08 Å². The van der Waals surface area contributed by atoms with Crippen molar-refractivity contribution in [2.45, 2.75) is 32.2 Å². The topological polar surface area (TPSA) is 57.6 Å². The van der Waals surface area contributed by atoms with Gasteiger partial charge in [-0.05, 0) is 24.1 Å². The van der Waals surface area contributed by atoms with Gasteiger partial charge in [0.1, 0.15) is 10.4 Å². The fourth-order valence-corrected chi connectivity index (χ4v) is 4.03. The van der Waals surface area contributed by atoms with E-state index >= 15 is 0 Å². The van der Waals surface area contributed by atoms with Crippen LogP contribution in [0.1, 0.15) is 31.7 Å². The van der Waals surface area contributed by atoms with Crippen molar-refractivity contribution < 1.29 is 14.7 Å². The molecular weight excluding hydrogens is 378 g/mol. The largest absolute Gasteiger partial charge is 0.480 e. The predicted molar refractivity (Wildman–Crippen MR) is 106 cm³/mol. The molecule has 0 aromatic heterocycles. The Morgan fingerprint density at radius 1 is 1.40 bits per heavy atom. The van der Waals surface area contributed by atoms with Gasteiger partial charge in [0.15, 0.2) is 0 Å². The zero-order valence-electron chi connectivity index (χ0n) is 13.6. The molecule has 1 aromatic rings. The fraction of sp³-hybridized carbons (Fsp3) is 0.278. The Morgan fingerprint density at radius 3 is 2.68 bits per heavy atom. The van der Waals surface area contributed by atoms with E-state index in [0.717, 1.165) is 23.7 Å². The van der Waals surface area contributed by atoms with Crippen LogP contribution in [-0.4, -0.2) is 32.2 Å². The van der Waals surface area contributed by atoms with Crippen LogP contribution in [-0.2, 0) is 9.59 Å². The van der Waals surface area contributed by atoms with Gasteiger partial charge in [-0.2, -0.15) is 0 Å². The highest BCUT2D eigenvalue weighted by Crippen LogP contribution is 2.35. The first-order valence-electron chi connectivity index (χ1n) is 7.86. The number of allylic oxidation sites excluding steroid dienone is 2. The molecule has 0 radical (unpaired) electrons. The third kappa shape index (κ3) is 5.17. The zero-order valence-corrected chi connectivity index (χ0v) is 16.0. The van der Waals surface area contributed by atoms with Crippen molar-refractivity contribution >= 4 is 57.9 Å². The van der Waals surface area contributed by atoms with Gasteiger partial charge in [0, 0.05) is 5.03 Å². The summed E-state index contributed by atoms with van der Waals surface area (Å²) >= 11 is 12.5. The van der Waals surface area contributed by atoms with Crippen LogP contribution in [0.3, 0.4) is 0 Å². The average Bonchev–Trinajstić information content (AvgIpc) is 2.83. The third-order valence-corrected chi connectivity index (χ3v) is 5.17. The van der Waals surface area contributed by atoms with Crippen LogP contribution in [0.25, 0.3) is 6.08 Å². The molecule has 7 heteroatoms. The van der Waals surface area contributed by atoms with Crippen molar-refractivity contribution in [1.82, 2.24) is 4.90 Å². The molecule has 1 heterocycles. The molecule has 2 rings (SSSR count). The Kier molecular flexibility index (Phi) is 7.23. The number of rotatable bonds is 7. The molecule has 1 aliphatic heterocycles. The predicted octanol–water partition coefficient (Wildman–Crippen LogP) is 4.65. The highest BCUT2D eigenvalue weighted by Gasteiger charge is 2.40. The second kappa shape index (κ2) is 9.17. The molecule has 1 amide bonds. The van der Waals surface area contributed by atoms with Gasteiger partial charge in [-0.3, -0.25) is 9.69 Å². The molecular formula is C18H18ClNO3S2. The van der Waals surface area contributed by atoms with E-state index in [0.29, 0.717) is 22.8 Å². The lowest BCUT2D eigenvalue weighted by atomic mass is 10.1. The Balaban J connectivity index is 2.22. The fourth-order valence-electron chi connectivity index (χ4n) is 2.38. The van der Waals surface area contributed by atoms with Gasteiger partial charge in [-0.1, -0.05) is 85.7 Å². The van der Waals surface area contributed by atoms with Crippen molar-refractivity contribution in [3.8, 4) is 0 Å². The van der Waals surface area contributed by atoms with E-state index in [1.165, 1.54) is 11.0 Å². The maximum Gasteiger partial charge on any atom is 0.326 e. The molecule has 1 aliphatic rings. The monoisotopic (exact) mass is 395 g/mol. The van der Waals surface area contributed by atoms with Gasteiger partial charge in [-0.15, -0.1) is 0 Å². The summed E-state index contributed by atoms with van der Waals surface area (Å²) in [4.78, 5) is 25.7. The molecule has 132 valence electrons. The number of carbonyl (C=O) groups is 2. The number of benzene rings is 1. The summed E-state index contributed by atoms with van der Waals surface area (Å²) in [5.74, 6) is -1.45. The summed E-state index contributed by atoms with van der Waals surface area (Å²) in [6, 6.07) is 8.54. The van der Waals surface area contributed by atoms with Crippen LogP contribution in [0.15, 0.2) is 46.3 Å². The molecule has 1 aromatic carbocycles. The highest BCUT2D eigenvalue weighted by molar-refractivity contribution is 8.26. The van der Waals surface area contributed by atoms with Gasteiger partial charge >= 0.3 is 5.97 Å². The van der Waals surface area contributed by atoms with Gasteiger partial charge in [0.25, 0.3) is 5.91 Å². The number of nitrogens with zero attached hydrogens (tertiary/aromatic N) is 1. The third-order valence-electron chi connectivity index (χ3n) is 3.62. The van der Waals surface area contributed by atoms with Crippen molar-refractivity contribution in [2.75, 3.05) is 0 Å². The standard InChI is InChI=1S/C18H18ClNO3S2/c1-2-3-9-14(17(22)23)20-16(21)15(25-18(20)24)11-13(19)10-12-7-5-4-6-8-12/h4-8,10-11,14H,2-3,9H2,1H3,(H,22,23)/b13-10-,15-11-/t14-/m0/s1. The van der Waals surface area contributed by atoms with E-state index in [4.69, 9.17) is 23.8 Å². The number of hydrogen-bond acceptors (Lipinski definition) is 4. The number of carboxylic acid groups (broad SMARTS) is 1. The maximum atomic E-state index is 12.6. The van der Waals surface area contributed by atoms with Crippen molar-refractivity contribution in [3.05, 3.63) is 51.9 Å². The number of thioether (sulfide) groups is 1. The summed E-state index contributed by atoms with van der Waals surface area (Å²) in [6.07, 6.45) is 5.20. The summed E-state index contributed by atoms with van der Waals surface area (Å²) < 4.78 is 0.254. The minimum Gasteiger partial charge on any atom is -0.480 e. The van der Waals surface area contributed by atoms with Gasteiger partial charge < -0.3 is 5.11 Å². The van der Waals surface area contributed by atoms with Crippen LogP contribution in [0, 0.1) is 0 Å². The Morgan fingerprint density at radius 2 is 2.08 bits per heavy atom. The van der Waals surface area contributed by atoms with Crippen molar-refractivity contribution in [3.63, 3.8) is 0 Å². The zero-order chi connectivity index (χ0) is 18.4. The summed E-state index contributed by atoms with van der Waals surface area (Å²) in [5.41, 5.74) is 0.908. The Hall–Kier alpha value is -1.63. The molecule has 1 saturated heterocycles. The van der Waals surface area contributed by atoms with Crippen LogP contribution in [0.2, 0.25) is 0 Å². The van der Waals surface area contributed by atoms with Crippen LogP contribution in [0.5, 0.6) is 0 Å². The molecule has 25 heavy (non-hydrogen) atoms. The van der Waals surface area contributed by atoms with Crippen molar-refractivity contribution in [1.29, 1.82) is 0 Å². The lowest BCUT2D eigenvalue weighted by Crippen LogP contribution is -2.43. The number of carbonyl (C=O) groups excluding carboxylic acids is 1. The number of halogens is 1. The molecule has 0 saturated carbocycles. The van der Waals surface area contributed by atoms with Gasteiger partial charge in [-0.25, -0.2) is 4.79 Å². The quantitative estimate of drug-likeness (QED) is 0.537. The molecule has 4 nitrogen and oxygen atoms in total. The smallest absolute Gasteiger partial charge is 0.326 e. The van der Waals surface area contributed by atoms with Crippen LogP contribution in [0.4, 0.5) is 0 Å². The number of amides is 1. The number of thiocarbonyl (C=S) groups is 1. The number of aliphatic carboxylic acids is 1. The van der Waals surface area contributed by atoms with Crippen LogP contribution < -0.4 is 0 Å². The van der Waals surface area contributed by atoms with E-state index < -0.39 is 17.9 Å². The second-order valence-electron chi connectivity index (χ2n) is 5.49. The van der Waals surface area contributed by atoms with Gasteiger partial charge in [0.2, 0.25) is 0 Å². The van der Waals surface area contributed by atoms with Gasteiger partial charge in [0.05, 0.1) is 4.91 Å². The summed E-state index contributed by atoms with van der Waals surface area (Å²) in [7, 11) is 0. The minimum atomic E-state index is -1.04. The molecule has 1 atom stereocenters. The lowest BCUT2D eigenvalue weighted by molar-refractivity contribution is -0.145. The molecule has 0 bridgehead atoms. The molecule has 0 aliphatic carbocycles. The minimum absolute atomic E-state index is 0.254. The first kappa shape index (κ1) is 19.7. The van der Waals surface area contributed by atoms with E-state index in [2.05, 4.69) is 0 Å². The number of carboxylic acids is 1. The molecule has 1 N–H and O–H groups in total. The first-order chi connectivity index (χ1) is 11.9. The summed E-state index contributed by atoms with van der Waals surface area (Å²) in [5, 5.41) is 9.82. The van der Waals surface area contributed by atoms with Crippen molar-refractivity contribution in [2.24, 2.45) is 0 Å². The first-order valence-corrected chi connectivity index (χ1v) is 9.46. The van der Waals surface area contributed by atoms with E-state index in [9.17, 15) is 14.7 Å². The molecule has 1 fully saturated rings. The normalized spacial score (nSPS) is 18.1. The Bertz CT molecular complexity index is 731. The second-order valence-corrected chi connectivity index (χ2v) is 7.60. The molecule has 0 unspecified atom stereocenters. The number of unbranched alkanes of at least 4 members (excludes halogenated alkanes) is 1. The number of hydrogen-bond donors (Lipinski definition) is 1. The Labute approximate surface area is 161 Å². The SMILES string of the molecule is CCCC[C@@H](C(=O)O)N1C(=O)/C(=C/C(Cl)=C/c2ccccc2)SC1=S. The lowest BCUT2D eigenvalue weighted by Gasteiger charge is -2.22. The van der Waals surface area contributed by atoms with E-state index in [-0.39, 0.29) is 4.32 Å². The average molecular weight is 396 g/mol. The van der Waals surface area contributed by atoms with Crippen LogP contribution >= 0.6 is 35.6 Å². The highest BCUT2D eigenvalue weighted by atomic mass is 35.5.